The van der Waals surface area contributed by atoms with E-state index in [0.29, 0.717) is 45.1 Å². The first kappa shape index (κ1) is 24.0. The number of methoxy groups -OCH3 is 2. The highest BCUT2D eigenvalue weighted by atomic mass is 16.5. The van der Waals surface area contributed by atoms with Crippen LogP contribution in [0.3, 0.4) is 0 Å². The van der Waals surface area contributed by atoms with E-state index in [4.69, 9.17) is 13.9 Å². The standard InChI is InChI=1S/C27H27N3O5/c1-5-17-6-8-19(9-7-17)29-26(32)22-13-21-18(15-31)14-28-16(2)25(21)35-27(22)30-23-12-20(33-3)10-11-24(23)34-4/h6-14,31H,5,15H2,1-4H3,(H,29,32). The molecule has 0 aliphatic heterocycles. The van der Waals surface area contributed by atoms with Gasteiger partial charge in [0.05, 0.1) is 26.5 Å². The molecule has 0 bridgehead atoms. The van der Waals surface area contributed by atoms with Gasteiger partial charge in [0.15, 0.2) is 5.58 Å². The van der Waals surface area contributed by atoms with Crippen molar-refractivity contribution in [3.05, 3.63) is 82.7 Å². The second kappa shape index (κ2) is 10.4. The van der Waals surface area contributed by atoms with Gasteiger partial charge in [0.25, 0.3) is 5.91 Å². The summed E-state index contributed by atoms with van der Waals surface area (Å²) >= 11 is 0. The number of anilines is 1. The lowest BCUT2D eigenvalue weighted by molar-refractivity contribution is 0.102. The highest BCUT2D eigenvalue weighted by molar-refractivity contribution is 6.05. The Morgan fingerprint density at radius 2 is 1.89 bits per heavy atom. The highest BCUT2D eigenvalue weighted by Crippen LogP contribution is 2.31. The maximum absolute atomic E-state index is 13.4. The number of hydrogen-bond acceptors (Lipinski definition) is 7. The van der Waals surface area contributed by atoms with Crippen molar-refractivity contribution in [1.82, 2.24) is 4.98 Å². The van der Waals surface area contributed by atoms with Crippen molar-refractivity contribution in [2.75, 3.05) is 19.5 Å². The Morgan fingerprint density at radius 3 is 2.54 bits per heavy atom. The Hall–Kier alpha value is -4.17. The zero-order valence-corrected chi connectivity index (χ0v) is 20.1. The molecule has 0 unspecified atom stereocenters. The van der Waals surface area contributed by atoms with E-state index >= 15 is 0 Å². The Bertz CT molecular complexity index is 1440. The van der Waals surface area contributed by atoms with Crippen molar-refractivity contribution in [2.45, 2.75) is 26.9 Å². The van der Waals surface area contributed by atoms with Gasteiger partial charge in [-0.2, -0.15) is 0 Å². The van der Waals surface area contributed by atoms with E-state index in [0.717, 1.165) is 6.42 Å². The summed E-state index contributed by atoms with van der Waals surface area (Å²) in [5.74, 6) is 0.660. The number of aliphatic hydroxyl groups is 1. The molecule has 0 aliphatic rings. The number of rotatable bonds is 7. The number of ether oxygens (including phenoxy) is 2. The van der Waals surface area contributed by atoms with E-state index in [1.807, 2.05) is 24.3 Å². The van der Waals surface area contributed by atoms with Gasteiger partial charge in [-0.1, -0.05) is 19.1 Å². The lowest BCUT2D eigenvalue weighted by atomic mass is 10.1. The van der Waals surface area contributed by atoms with Crippen LogP contribution in [0.25, 0.3) is 11.0 Å². The smallest absolute Gasteiger partial charge is 0.261 e. The zero-order valence-electron chi connectivity index (χ0n) is 20.1. The average molecular weight is 474 g/mol. The number of nitrogens with zero attached hydrogens (tertiary/aromatic N) is 2. The van der Waals surface area contributed by atoms with Crippen LogP contribution in [-0.2, 0) is 13.0 Å². The number of benzene rings is 2. The summed E-state index contributed by atoms with van der Waals surface area (Å²) in [5.41, 5.74) is 4.09. The van der Waals surface area contributed by atoms with Crippen LogP contribution in [0.15, 0.2) is 64.1 Å². The third-order valence-corrected chi connectivity index (χ3v) is 5.69. The molecule has 2 aromatic heterocycles. The SMILES string of the molecule is CCc1ccc(NC(=O)c2cc3c(CO)cnc(C)c3oc2=Nc2cc(OC)ccc2OC)cc1. The maximum atomic E-state index is 13.4. The second-order valence-corrected chi connectivity index (χ2v) is 7.89. The van der Waals surface area contributed by atoms with Gasteiger partial charge in [0, 0.05) is 28.9 Å². The van der Waals surface area contributed by atoms with Crippen LogP contribution in [0.5, 0.6) is 11.5 Å². The molecule has 0 fully saturated rings. The molecule has 0 aliphatic carbocycles. The fourth-order valence-corrected chi connectivity index (χ4v) is 3.68. The Morgan fingerprint density at radius 1 is 1.11 bits per heavy atom. The molecule has 180 valence electrons. The Kier molecular flexibility index (Phi) is 7.12. The summed E-state index contributed by atoms with van der Waals surface area (Å²) in [6.07, 6.45) is 2.47. The summed E-state index contributed by atoms with van der Waals surface area (Å²) in [4.78, 5) is 22.4. The average Bonchev–Trinajstić information content (AvgIpc) is 2.89. The van der Waals surface area contributed by atoms with Crippen LogP contribution in [0.4, 0.5) is 11.4 Å². The molecule has 1 amide bonds. The molecule has 0 saturated carbocycles. The number of aliphatic hydroxyl groups excluding tert-OH is 1. The van der Waals surface area contributed by atoms with Crippen molar-refractivity contribution in [1.29, 1.82) is 0 Å². The minimum atomic E-state index is -0.404. The van der Waals surface area contributed by atoms with Gasteiger partial charge < -0.3 is 24.3 Å². The number of carbonyl (C=O) groups is 1. The molecule has 0 radical (unpaired) electrons. The molecular formula is C27H27N3O5. The van der Waals surface area contributed by atoms with Crippen LogP contribution in [0.2, 0.25) is 0 Å². The fourth-order valence-electron chi connectivity index (χ4n) is 3.68. The van der Waals surface area contributed by atoms with Crippen LogP contribution < -0.4 is 20.3 Å². The lowest BCUT2D eigenvalue weighted by Crippen LogP contribution is -2.22. The zero-order chi connectivity index (χ0) is 24.9. The normalized spacial score (nSPS) is 11.5. The molecule has 8 heteroatoms. The van der Waals surface area contributed by atoms with Gasteiger partial charge in [0.2, 0.25) is 5.55 Å². The number of carbonyl (C=O) groups excluding carboxylic acids is 1. The first-order chi connectivity index (χ1) is 17.0. The number of aromatic nitrogens is 1. The largest absolute Gasteiger partial charge is 0.497 e. The Labute approximate surface area is 202 Å². The summed E-state index contributed by atoms with van der Waals surface area (Å²) in [6.45, 7) is 3.61. The van der Waals surface area contributed by atoms with Gasteiger partial charge in [-0.05, 0) is 49.2 Å². The third-order valence-electron chi connectivity index (χ3n) is 5.69. The molecule has 0 atom stereocenters. The molecule has 2 aromatic carbocycles. The van der Waals surface area contributed by atoms with E-state index in [1.165, 1.54) is 12.7 Å². The molecular weight excluding hydrogens is 446 g/mol. The van der Waals surface area contributed by atoms with Crippen molar-refractivity contribution in [2.24, 2.45) is 4.99 Å². The van der Waals surface area contributed by atoms with E-state index in [-0.39, 0.29) is 17.7 Å². The quantitative estimate of drug-likeness (QED) is 0.403. The minimum Gasteiger partial charge on any atom is -0.497 e. The van der Waals surface area contributed by atoms with E-state index in [2.05, 4.69) is 22.2 Å². The van der Waals surface area contributed by atoms with Crippen molar-refractivity contribution in [3.8, 4) is 11.5 Å². The first-order valence-corrected chi connectivity index (χ1v) is 11.2. The van der Waals surface area contributed by atoms with E-state index in [1.54, 1.807) is 44.5 Å². The van der Waals surface area contributed by atoms with Crippen LogP contribution in [-0.4, -0.2) is 30.2 Å². The van der Waals surface area contributed by atoms with Gasteiger partial charge in [-0.25, -0.2) is 4.99 Å². The van der Waals surface area contributed by atoms with Gasteiger partial charge >= 0.3 is 0 Å². The molecule has 2 heterocycles. The molecule has 0 saturated heterocycles. The fraction of sp³-hybridized carbons (Fsp3) is 0.222. The lowest BCUT2D eigenvalue weighted by Gasteiger charge is -2.11. The number of fused-ring (bicyclic) bond motifs is 1. The number of aryl methyl sites for hydroxylation is 2. The number of nitrogens with one attached hydrogen (secondary N) is 1. The monoisotopic (exact) mass is 473 g/mol. The summed E-state index contributed by atoms with van der Waals surface area (Å²) in [5, 5.41) is 13.3. The van der Waals surface area contributed by atoms with Crippen LogP contribution in [0, 0.1) is 6.92 Å². The molecule has 4 aromatic rings. The van der Waals surface area contributed by atoms with Crippen molar-refractivity contribution >= 4 is 28.3 Å². The van der Waals surface area contributed by atoms with Gasteiger partial charge in [-0.15, -0.1) is 0 Å². The number of hydrogen-bond donors (Lipinski definition) is 2. The molecule has 2 N–H and O–H groups in total. The maximum Gasteiger partial charge on any atom is 0.261 e. The minimum absolute atomic E-state index is 0.0757. The molecule has 4 rings (SSSR count). The highest BCUT2D eigenvalue weighted by Gasteiger charge is 2.17. The number of pyridine rings is 1. The van der Waals surface area contributed by atoms with Crippen LogP contribution in [0.1, 0.15) is 34.1 Å². The molecule has 8 nitrogen and oxygen atoms in total. The Balaban J connectivity index is 1.93. The van der Waals surface area contributed by atoms with Crippen molar-refractivity contribution in [3.63, 3.8) is 0 Å². The van der Waals surface area contributed by atoms with E-state index in [9.17, 15) is 9.90 Å². The molecule has 35 heavy (non-hydrogen) atoms. The number of amides is 1. The van der Waals surface area contributed by atoms with Crippen molar-refractivity contribution < 1.29 is 23.8 Å². The summed E-state index contributed by atoms with van der Waals surface area (Å²) in [7, 11) is 3.09. The van der Waals surface area contributed by atoms with E-state index < -0.39 is 5.91 Å². The third kappa shape index (κ3) is 5.02. The van der Waals surface area contributed by atoms with Gasteiger partial charge in [0.1, 0.15) is 22.7 Å². The predicted octanol–water partition coefficient (Wildman–Crippen LogP) is 4.69. The second-order valence-electron chi connectivity index (χ2n) is 7.89. The predicted molar refractivity (Wildman–Crippen MR) is 133 cm³/mol. The summed E-state index contributed by atoms with van der Waals surface area (Å²) < 4.78 is 16.9. The topological polar surface area (TPSA) is 106 Å². The van der Waals surface area contributed by atoms with Gasteiger partial charge in [-0.3, -0.25) is 9.78 Å². The first-order valence-electron chi connectivity index (χ1n) is 11.2. The molecule has 0 spiro atoms. The summed E-state index contributed by atoms with van der Waals surface area (Å²) in [6, 6.07) is 14.5. The van der Waals surface area contributed by atoms with Crippen LogP contribution >= 0.6 is 0 Å².